The van der Waals surface area contributed by atoms with Crippen molar-refractivity contribution in [1.29, 1.82) is 0 Å². The van der Waals surface area contributed by atoms with Crippen LogP contribution < -0.4 is 4.90 Å². The summed E-state index contributed by atoms with van der Waals surface area (Å²) >= 11 is 0. The number of aryl methyl sites for hydroxylation is 1. The van der Waals surface area contributed by atoms with Gasteiger partial charge in [0.05, 0.1) is 6.20 Å². The first-order chi connectivity index (χ1) is 10.4. The molecule has 1 aliphatic rings. The highest BCUT2D eigenvalue weighted by Crippen LogP contribution is 2.32. The molecule has 2 aromatic rings. The van der Waals surface area contributed by atoms with E-state index in [-0.39, 0.29) is 11.9 Å². The highest BCUT2D eigenvalue weighted by Gasteiger charge is 2.34. The van der Waals surface area contributed by atoms with Gasteiger partial charge in [-0.25, -0.2) is 15.0 Å². The zero-order valence-electron chi connectivity index (χ0n) is 12.0. The molecule has 1 saturated heterocycles. The Balaban J connectivity index is 1.75. The summed E-state index contributed by atoms with van der Waals surface area (Å²) in [5.41, 5.74) is -0.581. The number of aromatic nitrogens is 3. The lowest BCUT2D eigenvalue weighted by molar-refractivity contribution is -0.141. The van der Waals surface area contributed by atoms with E-state index in [1.54, 1.807) is 18.0 Å². The molecule has 0 saturated carbocycles. The van der Waals surface area contributed by atoms with Gasteiger partial charge in [0.2, 0.25) is 5.95 Å². The molecule has 0 spiro atoms. The molecule has 0 atom stereocenters. The largest absolute Gasteiger partial charge is 0.448 e. The van der Waals surface area contributed by atoms with Crippen molar-refractivity contribution in [1.82, 2.24) is 15.0 Å². The molecule has 3 heterocycles. The van der Waals surface area contributed by atoms with Gasteiger partial charge in [-0.05, 0) is 25.8 Å². The first-order valence-corrected chi connectivity index (χ1v) is 6.99. The summed E-state index contributed by atoms with van der Waals surface area (Å²) in [4.78, 5) is 13.5. The van der Waals surface area contributed by atoms with Gasteiger partial charge in [0.15, 0.2) is 6.39 Å². The number of oxazole rings is 1. The van der Waals surface area contributed by atoms with Crippen LogP contribution in [0.2, 0.25) is 0 Å². The van der Waals surface area contributed by atoms with Crippen LogP contribution in [0.15, 0.2) is 23.1 Å². The fourth-order valence-corrected chi connectivity index (χ4v) is 2.63. The van der Waals surface area contributed by atoms with Crippen LogP contribution in [0.1, 0.15) is 35.9 Å². The van der Waals surface area contributed by atoms with E-state index >= 15 is 0 Å². The topological polar surface area (TPSA) is 55.1 Å². The van der Waals surface area contributed by atoms with Crippen molar-refractivity contribution in [2.45, 2.75) is 31.9 Å². The number of piperidine rings is 1. The van der Waals surface area contributed by atoms with Gasteiger partial charge >= 0.3 is 6.18 Å². The zero-order chi connectivity index (χ0) is 15.7. The second kappa shape index (κ2) is 5.58. The molecule has 0 N–H and O–H groups in total. The smallest absolute Gasteiger partial charge is 0.433 e. The van der Waals surface area contributed by atoms with E-state index in [0.29, 0.717) is 18.8 Å². The molecule has 118 valence electrons. The molecule has 0 aromatic carbocycles. The van der Waals surface area contributed by atoms with E-state index in [0.717, 1.165) is 24.7 Å². The molecule has 0 radical (unpaired) electrons. The number of nitrogens with zero attached hydrogens (tertiary/aromatic N) is 4. The van der Waals surface area contributed by atoms with Crippen LogP contribution in [0.5, 0.6) is 0 Å². The number of halogens is 3. The second-order valence-electron chi connectivity index (χ2n) is 5.36. The molecule has 0 bridgehead atoms. The number of hydrogen-bond acceptors (Lipinski definition) is 5. The maximum Gasteiger partial charge on any atom is 0.433 e. The summed E-state index contributed by atoms with van der Waals surface area (Å²) in [6.07, 6.45) is 0.161. The molecular formula is C14H15F3N4O. The average Bonchev–Trinajstić information content (AvgIpc) is 3.00. The van der Waals surface area contributed by atoms with Crippen molar-refractivity contribution in [2.75, 3.05) is 18.0 Å². The number of hydrogen-bond donors (Lipinski definition) is 0. The van der Waals surface area contributed by atoms with Crippen LogP contribution in [-0.2, 0) is 6.18 Å². The first-order valence-electron chi connectivity index (χ1n) is 6.99. The van der Waals surface area contributed by atoms with Crippen LogP contribution in [0, 0.1) is 6.92 Å². The third kappa shape index (κ3) is 3.05. The minimum Gasteiger partial charge on any atom is -0.448 e. The minimum atomic E-state index is -4.46. The van der Waals surface area contributed by atoms with Crippen molar-refractivity contribution in [2.24, 2.45) is 0 Å². The zero-order valence-corrected chi connectivity index (χ0v) is 12.0. The van der Waals surface area contributed by atoms with Gasteiger partial charge in [0.25, 0.3) is 0 Å². The highest BCUT2D eigenvalue weighted by molar-refractivity contribution is 5.34. The Morgan fingerprint density at radius 1 is 1.23 bits per heavy atom. The van der Waals surface area contributed by atoms with Gasteiger partial charge in [-0.1, -0.05) is 0 Å². The molecular weight excluding hydrogens is 297 g/mol. The van der Waals surface area contributed by atoms with E-state index in [2.05, 4.69) is 15.0 Å². The quantitative estimate of drug-likeness (QED) is 0.852. The van der Waals surface area contributed by atoms with Gasteiger partial charge in [0.1, 0.15) is 11.5 Å². The molecule has 0 aliphatic carbocycles. The van der Waals surface area contributed by atoms with E-state index in [4.69, 9.17) is 4.42 Å². The fourth-order valence-electron chi connectivity index (χ4n) is 2.63. The predicted molar refractivity (Wildman–Crippen MR) is 72.5 cm³/mol. The summed E-state index contributed by atoms with van der Waals surface area (Å²) in [7, 11) is 0. The molecule has 5 nitrogen and oxygen atoms in total. The summed E-state index contributed by atoms with van der Waals surface area (Å²) in [5.74, 6) is 1.20. The normalized spacial score (nSPS) is 17.0. The van der Waals surface area contributed by atoms with E-state index in [1.165, 1.54) is 6.39 Å². The third-order valence-corrected chi connectivity index (χ3v) is 3.76. The van der Waals surface area contributed by atoms with Crippen LogP contribution in [0.25, 0.3) is 0 Å². The molecule has 2 aromatic heterocycles. The minimum absolute atomic E-state index is 0.142. The van der Waals surface area contributed by atoms with Crippen LogP contribution in [0.4, 0.5) is 19.1 Å². The summed E-state index contributed by atoms with van der Waals surface area (Å²) in [6.45, 7) is 2.72. The van der Waals surface area contributed by atoms with Crippen LogP contribution in [0.3, 0.4) is 0 Å². The van der Waals surface area contributed by atoms with Crippen molar-refractivity contribution in [3.63, 3.8) is 0 Å². The monoisotopic (exact) mass is 312 g/mol. The van der Waals surface area contributed by atoms with E-state index in [1.807, 2.05) is 0 Å². The molecule has 1 fully saturated rings. The van der Waals surface area contributed by atoms with Gasteiger partial charge in [-0.15, -0.1) is 0 Å². The first kappa shape index (κ1) is 14.8. The molecule has 22 heavy (non-hydrogen) atoms. The Bertz CT molecular complexity index is 634. The Kier molecular flexibility index (Phi) is 3.76. The fraction of sp³-hybridized carbons (Fsp3) is 0.500. The predicted octanol–water partition coefficient (Wildman–Crippen LogP) is 3.18. The summed E-state index contributed by atoms with van der Waals surface area (Å²) in [6, 6.07) is 0.963. The number of anilines is 1. The van der Waals surface area contributed by atoms with Crippen LogP contribution >= 0.6 is 0 Å². The van der Waals surface area contributed by atoms with Crippen molar-refractivity contribution in [3.05, 3.63) is 35.8 Å². The van der Waals surface area contributed by atoms with Crippen molar-refractivity contribution >= 4 is 5.95 Å². The number of alkyl halides is 3. The Hall–Kier alpha value is -2.12. The third-order valence-electron chi connectivity index (χ3n) is 3.76. The van der Waals surface area contributed by atoms with Gasteiger partial charge < -0.3 is 9.32 Å². The molecule has 8 heteroatoms. The second-order valence-corrected chi connectivity index (χ2v) is 5.36. The standard InChI is InChI=1S/C14H15F3N4O/c1-9-6-12(14(15,16)17)20-13(19-9)21-4-2-10(3-5-21)11-7-18-8-22-11/h6-8,10H,2-5H2,1H3. The highest BCUT2D eigenvalue weighted by atomic mass is 19.4. The Labute approximate surface area is 125 Å². The van der Waals surface area contributed by atoms with Gasteiger partial charge in [-0.2, -0.15) is 13.2 Å². The van der Waals surface area contributed by atoms with Crippen molar-refractivity contribution < 1.29 is 17.6 Å². The maximum atomic E-state index is 12.8. The lowest BCUT2D eigenvalue weighted by Gasteiger charge is -2.31. The lowest BCUT2D eigenvalue weighted by atomic mass is 9.95. The SMILES string of the molecule is Cc1cc(C(F)(F)F)nc(N2CCC(c3cnco3)CC2)n1. The van der Waals surface area contributed by atoms with Gasteiger partial charge in [-0.3, -0.25) is 0 Å². The molecule has 0 unspecified atom stereocenters. The van der Waals surface area contributed by atoms with Gasteiger partial charge in [0, 0.05) is 24.7 Å². The molecule has 0 amide bonds. The Morgan fingerprint density at radius 2 is 1.95 bits per heavy atom. The summed E-state index contributed by atoms with van der Waals surface area (Å²) < 4.78 is 43.8. The van der Waals surface area contributed by atoms with Crippen LogP contribution in [-0.4, -0.2) is 28.0 Å². The molecule has 3 rings (SSSR count). The van der Waals surface area contributed by atoms with Crippen molar-refractivity contribution in [3.8, 4) is 0 Å². The molecule has 1 aliphatic heterocycles. The lowest BCUT2D eigenvalue weighted by Crippen LogP contribution is -2.34. The van der Waals surface area contributed by atoms with E-state index < -0.39 is 11.9 Å². The van der Waals surface area contributed by atoms with E-state index in [9.17, 15) is 13.2 Å². The number of rotatable bonds is 2. The average molecular weight is 312 g/mol. The maximum absolute atomic E-state index is 12.8. The Morgan fingerprint density at radius 3 is 2.55 bits per heavy atom. The summed E-state index contributed by atoms with van der Waals surface area (Å²) in [5, 5.41) is 0.